The van der Waals surface area contributed by atoms with E-state index in [4.69, 9.17) is 33.0 Å². The molecule has 0 saturated carbocycles. The van der Waals surface area contributed by atoms with Gasteiger partial charge in [-0.05, 0) is 69.6 Å². The Labute approximate surface area is 244 Å². The fraction of sp³-hybridized carbons (Fsp3) is 0.367. The van der Waals surface area contributed by atoms with Crippen molar-refractivity contribution in [2.75, 3.05) is 11.4 Å². The van der Waals surface area contributed by atoms with Crippen molar-refractivity contribution >= 4 is 52.0 Å². The molecule has 1 atom stereocenters. The average molecular weight is 544 g/mol. The molecule has 4 aromatic rings. The molecule has 1 N–H and O–H groups in total. The molecule has 5 rings (SSSR count). The first kappa shape index (κ1) is 28.8. The van der Waals surface area contributed by atoms with Crippen LogP contribution >= 0.6 is 0 Å². The Morgan fingerprint density at radius 3 is 2.22 bits per heavy atom. The molecule has 0 spiro atoms. The summed E-state index contributed by atoms with van der Waals surface area (Å²) in [5.74, 6) is -0.423. The van der Waals surface area contributed by atoms with Crippen molar-refractivity contribution < 1.29 is 19.4 Å². The molecule has 2 aromatic heterocycles. The van der Waals surface area contributed by atoms with Crippen LogP contribution < -0.4 is 9.64 Å². The monoisotopic (exact) mass is 544 g/mol. The fourth-order valence-electron chi connectivity index (χ4n) is 5.54. The number of aryl methyl sites for hydroxylation is 2. The van der Waals surface area contributed by atoms with Crippen LogP contribution in [0.5, 0.6) is 5.75 Å². The molecule has 11 heteroatoms. The number of ether oxygens (including phenoxy) is 2. The van der Waals surface area contributed by atoms with Gasteiger partial charge in [-0.2, -0.15) is 0 Å². The van der Waals surface area contributed by atoms with Crippen LogP contribution in [0.3, 0.4) is 0 Å². The summed E-state index contributed by atoms with van der Waals surface area (Å²) in [5.41, 5.74) is 6.43. The van der Waals surface area contributed by atoms with Gasteiger partial charge in [0.05, 0.1) is 29.2 Å². The number of carboxylic acids is 1. The Morgan fingerprint density at radius 1 is 1.02 bits per heavy atom. The van der Waals surface area contributed by atoms with Crippen LogP contribution in [0, 0.1) is 20.8 Å². The van der Waals surface area contributed by atoms with Gasteiger partial charge in [0, 0.05) is 29.7 Å². The number of hydrogen-bond donors (Lipinski definition) is 1. The zero-order valence-corrected chi connectivity index (χ0v) is 24.2. The number of nitrogens with zero attached hydrogens (tertiary/aromatic N) is 4. The third-order valence-electron chi connectivity index (χ3n) is 7.09. The maximum atomic E-state index is 12.9. The lowest BCUT2D eigenvalue weighted by atomic mass is 9.52. The van der Waals surface area contributed by atoms with Gasteiger partial charge in [-0.15, -0.1) is 0 Å². The van der Waals surface area contributed by atoms with Crippen molar-refractivity contribution in [1.82, 2.24) is 14.5 Å². The fourth-order valence-corrected chi connectivity index (χ4v) is 5.54. The van der Waals surface area contributed by atoms with Crippen LogP contribution in [0.2, 0.25) is 0 Å². The Morgan fingerprint density at radius 2 is 1.66 bits per heavy atom. The quantitative estimate of drug-likeness (QED) is 0.340. The molecular formula is C30H31B3N4O4. The van der Waals surface area contributed by atoms with E-state index in [2.05, 4.69) is 27.5 Å². The predicted molar refractivity (Wildman–Crippen MR) is 162 cm³/mol. The molecule has 41 heavy (non-hydrogen) atoms. The van der Waals surface area contributed by atoms with E-state index in [-0.39, 0.29) is 5.75 Å². The van der Waals surface area contributed by atoms with Gasteiger partial charge < -0.3 is 24.0 Å². The van der Waals surface area contributed by atoms with E-state index in [0.29, 0.717) is 24.6 Å². The van der Waals surface area contributed by atoms with Crippen molar-refractivity contribution in [1.29, 1.82) is 0 Å². The van der Waals surface area contributed by atoms with Crippen molar-refractivity contribution in [3.63, 3.8) is 0 Å². The van der Waals surface area contributed by atoms with Crippen molar-refractivity contribution in [2.24, 2.45) is 0 Å². The number of benzene rings is 2. The first-order valence-corrected chi connectivity index (χ1v) is 13.4. The number of carboxylic acid groups (broad SMARTS) is 1. The molecule has 6 radical (unpaired) electrons. The zero-order chi connectivity index (χ0) is 29.9. The van der Waals surface area contributed by atoms with E-state index in [1.165, 1.54) is 12.4 Å². The summed E-state index contributed by atoms with van der Waals surface area (Å²) >= 11 is 0. The van der Waals surface area contributed by atoms with Gasteiger partial charge in [0.15, 0.2) is 11.9 Å². The van der Waals surface area contributed by atoms with Crippen molar-refractivity contribution in [3.05, 3.63) is 65.1 Å². The summed E-state index contributed by atoms with van der Waals surface area (Å²) in [7, 11) is 16.7. The molecule has 1 aliphatic heterocycles. The van der Waals surface area contributed by atoms with E-state index >= 15 is 0 Å². The lowest BCUT2D eigenvalue weighted by Crippen LogP contribution is -2.37. The molecule has 2 aromatic carbocycles. The number of rotatable bonds is 7. The first-order valence-electron chi connectivity index (χ1n) is 13.4. The summed E-state index contributed by atoms with van der Waals surface area (Å²) in [6, 6.07) is 10.3. The molecule has 204 valence electrons. The molecule has 0 unspecified atom stereocenters. The maximum Gasteiger partial charge on any atom is 0.337 e. The molecular weight excluding hydrogens is 513 g/mol. The Bertz CT molecular complexity index is 1620. The lowest BCUT2D eigenvalue weighted by molar-refractivity contribution is -0.160. The van der Waals surface area contributed by atoms with Crippen LogP contribution in [0.25, 0.3) is 22.0 Å². The lowest BCUT2D eigenvalue weighted by Gasteiger charge is -2.35. The van der Waals surface area contributed by atoms with Gasteiger partial charge in [-0.25, -0.2) is 14.8 Å². The largest absolute Gasteiger partial charge is 0.513 e. The summed E-state index contributed by atoms with van der Waals surface area (Å²) in [5, 5.41) is 9.61. The first-order chi connectivity index (χ1) is 19.1. The van der Waals surface area contributed by atoms with Gasteiger partial charge in [0.1, 0.15) is 23.5 Å². The zero-order valence-electron chi connectivity index (χ0n) is 24.2. The van der Waals surface area contributed by atoms with Crippen molar-refractivity contribution in [3.8, 4) is 16.9 Å². The molecule has 0 amide bonds. The summed E-state index contributed by atoms with van der Waals surface area (Å²) in [6.07, 6.45) is 1.70. The van der Waals surface area contributed by atoms with Crippen molar-refractivity contribution in [2.45, 2.75) is 65.1 Å². The molecule has 0 saturated heterocycles. The van der Waals surface area contributed by atoms with Gasteiger partial charge >= 0.3 is 5.97 Å². The molecule has 0 bridgehead atoms. The second kappa shape index (κ2) is 10.3. The van der Waals surface area contributed by atoms with Gasteiger partial charge in [-0.1, -0.05) is 29.8 Å². The van der Waals surface area contributed by atoms with E-state index in [1.54, 1.807) is 0 Å². The number of aromatic nitrogens is 3. The van der Waals surface area contributed by atoms with Gasteiger partial charge in [-0.3, -0.25) is 0 Å². The molecule has 0 aliphatic carbocycles. The number of carbonyl (C=O) groups is 1. The smallest absolute Gasteiger partial charge is 0.337 e. The van der Waals surface area contributed by atoms with Crippen LogP contribution in [0.1, 0.15) is 49.3 Å². The number of hydrogen-bond acceptors (Lipinski definition) is 6. The third kappa shape index (κ3) is 5.60. The third-order valence-corrected chi connectivity index (χ3v) is 7.09. The normalized spacial score (nSPS) is 14.3. The van der Waals surface area contributed by atoms with E-state index < -0.39 is 23.0 Å². The highest BCUT2D eigenvalue weighted by Gasteiger charge is 2.36. The summed E-state index contributed by atoms with van der Waals surface area (Å²) in [6.45, 7) is 12.9. The van der Waals surface area contributed by atoms with Crippen LogP contribution in [0.4, 0.5) is 11.6 Å². The van der Waals surface area contributed by atoms with Gasteiger partial charge in [0.2, 0.25) is 5.95 Å². The van der Waals surface area contributed by atoms with E-state index in [9.17, 15) is 9.90 Å². The van der Waals surface area contributed by atoms with E-state index in [1.807, 2.05) is 63.8 Å². The minimum Gasteiger partial charge on any atom is -0.513 e. The van der Waals surface area contributed by atoms with E-state index in [0.717, 1.165) is 44.5 Å². The summed E-state index contributed by atoms with van der Waals surface area (Å²) < 4.78 is 13.8. The van der Waals surface area contributed by atoms with Crippen LogP contribution in [0.15, 0.2) is 42.7 Å². The second-order valence-electron chi connectivity index (χ2n) is 11.6. The highest BCUT2D eigenvalue weighted by atomic mass is 16.5. The highest BCUT2D eigenvalue weighted by molar-refractivity contribution is 6.58. The molecule has 8 nitrogen and oxygen atoms in total. The van der Waals surface area contributed by atoms with Crippen LogP contribution in [-0.2, 0) is 16.1 Å². The molecule has 3 heterocycles. The Kier molecular flexibility index (Phi) is 7.22. The predicted octanol–water partition coefficient (Wildman–Crippen LogP) is 4.61. The average Bonchev–Trinajstić information content (AvgIpc) is 3.20. The Hall–Kier alpha value is -3.72. The maximum absolute atomic E-state index is 12.9. The Balaban J connectivity index is 1.80. The molecule has 1 aliphatic rings. The standard InChI is InChI=1S/C30H31B3N4O4/c1-16-7-9-19(10-8-16)23-21-13-17(2)36-11-12-37(28-34-14-20(15-35-28)40-30(31,32)33)24(25(21)36)18(3)22(23)26(27(38)39)41-29(4,5)6/h7-10,13-15,26H,11-12H2,1-6H3,(H,38,39)/t26-/m0/s1. The minimum atomic E-state index is -1.86. The molecule has 0 fully saturated rings. The minimum absolute atomic E-state index is 0.222. The number of anilines is 2. The van der Waals surface area contributed by atoms with Gasteiger partial charge in [0.25, 0.3) is 0 Å². The second-order valence-corrected chi connectivity index (χ2v) is 11.6. The summed E-state index contributed by atoms with van der Waals surface area (Å²) in [4.78, 5) is 23.9. The van der Waals surface area contributed by atoms with Crippen LogP contribution in [-0.4, -0.2) is 66.6 Å². The highest BCUT2D eigenvalue weighted by Crippen LogP contribution is 2.49. The SMILES string of the molecule is [B]C([B])([B])Oc1cnc(N2CCn3c(C)cc4c(-c5ccc(C)cc5)c([C@H](OC(C)(C)C)C(=O)O)c(C)c2c43)nc1. The number of aliphatic carboxylic acids is 1. The topological polar surface area (TPSA) is 89.7 Å².